The predicted octanol–water partition coefficient (Wildman–Crippen LogP) is 4.88. The molecule has 2 aliphatic heterocycles. The highest BCUT2D eigenvalue weighted by Crippen LogP contribution is 2.29. The van der Waals surface area contributed by atoms with Crippen LogP contribution >= 0.6 is 0 Å². The highest BCUT2D eigenvalue weighted by Gasteiger charge is 2.23. The van der Waals surface area contributed by atoms with Crippen molar-refractivity contribution >= 4 is 5.91 Å². The number of hydrogen-bond acceptors (Lipinski definition) is 5. The highest BCUT2D eigenvalue weighted by molar-refractivity contribution is 5.94. The van der Waals surface area contributed by atoms with E-state index >= 15 is 0 Å². The summed E-state index contributed by atoms with van der Waals surface area (Å²) in [6, 6.07) is 12.2. The maximum atomic E-state index is 12.3. The van der Waals surface area contributed by atoms with Crippen molar-refractivity contribution in [2.75, 3.05) is 32.7 Å². The quantitative estimate of drug-likeness (QED) is 0.430. The Balaban J connectivity index is 1.09. The summed E-state index contributed by atoms with van der Waals surface area (Å²) in [5.41, 5.74) is 3.30. The van der Waals surface area contributed by atoms with Crippen molar-refractivity contribution in [3.63, 3.8) is 0 Å². The fourth-order valence-corrected chi connectivity index (χ4v) is 5.85. The van der Waals surface area contributed by atoms with Crippen molar-refractivity contribution in [3.8, 4) is 0 Å². The van der Waals surface area contributed by atoms with Gasteiger partial charge in [-0.05, 0) is 106 Å². The molecule has 1 amide bonds. The second kappa shape index (κ2) is 14.6. The molecule has 0 aliphatic carbocycles. The third-order valence-electron chi connectivity index (χ3n) is 8.30. The molecule has 2 fully saturated rings. The highest BCUT2D eigenvalue weighted by atomic mass is 16.3. The largest absolute Gasteiger partial charge is 0.391 e. The molecule has 0 bridgehead atoms. The van der Waals surface area contributed by atoms with Gasteiger partial charge in [0.05, 0.1) is 6.10 Å². The van der Waals surface area contributed by atoms with Crippen LogP contribution in [0.1, 0.15) is 79.8 Å². The standard InChI is InChI=1S/C31H46N4O2/c1-2-3-30(36)22-33-31(37)29-8-6-27(7-9-29)23-34-18-12-25(13-19-34)4-5-26-14-20-35(21-15-26)24-28-10-16-32-17-11-28/h6-11,16-17,25-26,30,36H,2-5,12-15,18-24H2,1H3,(H,33,37). The zero-order chi connectivity index (χ0) is 25.9. The molecule has 3 heterocycles. The lowest BCUT2D eigenvalue weighted by molar-refractivity contribution is 0.0910. The number of aromatic nitrogens is 1. The Kier molecular flexibility index (Phi) is 11.0. The molecule has 2 aromatic rings. The minimum absolute atomic E-state index is 0.109. The molecule has 2 aliphatic rings. The summed E-state index contributed by atoms with van der Waals surface area (Å²) < 4.78 is 0. The van der Waals surface area contributed by atoms with Gasteiger partial charge in [-0.15, -0.1) is 0 Å². The molecule has 2 N–H and O–H groups in total. The van der Waals surface area contributed by atoms with E-state index in [1.807, 2.05) is 31.5 Å². The van der Waals surface area contributed by atoms with Gasteiger partial charge in [0.2, 0.25) is 0 Å². The molecule has 0 saturated carbocycles. The summed E-state index contributed by atoms with van der Waals surface area (Å²) in [5.74, 6) is 1.67. The summed E-state index contributed by atoms with van der Waals surface area (Å²) in [7, 11) is 0. The van der Waals surface area contributed by atoms with Crippen LogP contribution in [0.25, 0.3) is 0 Å². The lowest BCUT2D eigenvalue weighted by Crippen LogP contribution is -2.35. The molecule has 6 heteroatoms. The molecule has 202 valence electrons. The maximum Gasteiger partial charge on any atom is 0.251 e. The third-order valence-corrected chi connectivity index (χ3v) is 8.30. The summed E-state index contributed by atoms with van der Waals surface area (Å²) in [4.78, 5) is 21.6. The Bertz CT molecular complexity index is 920. The van der Waals surface area contributed by atoms with E-state index in [0.29, 0.717) is 18.5 Å². The first-order valence-corrected chi connectivity index (χ1v) is 14.5. The van der Waals surface area contributed by atoms with E-state index in [2.05, 4.69) is 44.4 Å². The predicted molar refractivity (Wildman–Crippen MR) is 149 cm³/mol. The van der Waals surface area contributed by atoms with Crippen molar-refractivity contribution in [2.24, 2.45) is 11.8 Å². The van der Waals surface area contributed by atoms with Crippen LogP contribution in [-0.4, -0.2) is 64.6 Å². The molecular formula is C31H46N4O2. The van der Waals surface area contributed by atoms with E-state index < -0.39 is 6.10 Å². The van der Waals surface area contributed by atoms with Gasteiger partial charge in [-0.2, -0.15) is 0 Å². The number of likely N-dealkylation sites (tertiary alicyclic amines) is 2. The maximum absolute atomic E-state index is 12.3. The normalized spacial score (nSPS) is 19.1. The Morgan fingerprint density at radius 1 is 0.892 bits per heavy atom. The smallest absolute Gasteiger partial charge is 0.251 e. The Morgan fingerprint density at radius 2 is 1.41 bits per heavy atom. The second-order valence-electron chi connectivity index (χ2n) is 11.2. The molecule has 4 rings (SSSR count). The summed E-state index contributed by atoms with van der Waals surface area (Å²) in [5, 5.41) is 12.7. The van der Waals surface area contributed by atoms with Crippen LogP contribution in [0.5, 0.6) is 0 Å². The first-order chi connectivity index (χ1) is 18.1. The number of aliphatic hydroxyl groups excluding tert-OH is 1. The molecule has 37 heavy (non-hydrogen) atoms. The van der Waals surface area contributed by atoms with Crippen molar-refractivity contribution in [3.05, 3.63) is 65.5 Å². The number of amides is 1. The molecule has 6 nitrogen and oxygen atoms in total. The lowest BCUT2D eigenvalue weighted by Gasteiger charge is -2.35. The number of benzene rings is 1. The number of aliphatic hydroxyl groups is 1. The van der Waals surface area contributed by atoms with E-state index in [-0.39, 0.29) is 5.91 Å². The van der Waals surface area contributed by atoms with Crippen LogP contribution < -0.4 is 5.32 Å². The van der Waals surface area contributed by atoms with Crippen molar-refractivity contribution in [2.45, 2.75) is 77.5 Å². The Hall–Kier alpha value is -2.28. The van der Waals surface area contributed by atoms with Crippen molar-refractivity contribution < 1.29 is 9.90 Å². The number of nitrogens with zero attached hydrogens (tertiary/aromatic N) is 3. The van der Waals surface area contributed by atoms with E-state index in [9.17, 15) is 9.90 Å². The number of rotatable bonds is 12. The van der Waals surface area contributed by atoms with Gasteiger partial charge in [0, 0.05) is 37.6 Å². The summed E-state index contributed by atoms with van der Waals surface area (Å²) in [6.07, 6.45) is 13.0. The molecule has 1 atom stereocenters. The number of hydrogen-bond donors (Lipinski definition) is 2. The van der Waals surface area contributed by atoms with Crippen LogP contribution in [0.3, 0.4) is 0 Å². The molecule has 1 aromatic heterocycles. The minimum atomic E-state index is -0.466. The topological polar surface area (TPSA) is 68.7 Å². The Labute approximate surface area is 223 Å². The first kappa shape index (κ1) is 27.7. The van der Waals surface area contributed by atoms with E-state index in [1.165, 1.54) is 75.8 Å². The number of piperidine rings is 2. The van der Waals surface area contributed by atoms with Gasteiger partial charge in [-0.1, -0.05) is 38.3 Å². The molecule has 2 saturated heterocycles. The monoisotopic (exact) mass is 506 g/mol. The number of pyridine rings is 1. The van der Waals surface area contributed by atoms with Crippen LogP contribution in [0, 0.1) is 11.8 Å². The molecule has 1 aromatic carbocycles. The van der Waals surface area contributed by atoms with Gasteiger partial charge in [0.1, 0.15) is 0 Å². The van der Waals surface area contributed by atoms with E-state index in [0.717, 1.165) is 31.3 Å². The lowest BCUT2D eigenvalue weighted by atomic mass is 9.85. The van der Waals surface area contributed by atoms with Crippen molar-refractivity contribution in [1.29, 1.82) is 0 Å². The minimum Gasteiger partial charge on any atom is -0.391 e. The molecule has 1 unspecified atom stereocenters. The van der Waals surface area contributed by atoms with Gasteiger partial charge in [-0.25, -0.2) is 0 Å². The molecule has 0 radical (unpaired) electrons. The first-order valence-electron chi connectivity index (χ1n) is 14.5. The average Bonchev–Trinajstić information content (AvgIpc) is 2.93. The van der Waals surface area contributed by atoms with Gasteiger partial charge >= 0.3 is 0 Å². The van der Waals surface area contributed by atoms with Gasteiger partial charge in [0.25, 0.3) is 5.91 Å². The second-order valence-corrected chi connectivity index (χ2v) is 11.2. The van der Waals surface area contributed by atoms with Gasteiger partial charge < -0.3 is 10.4 Å². The average molecular weight is 507 g/mol. The zero-order valence-corrected chi connectivity index (χ0v) is 22.7. The van der Waals surface area contributed by atoms with E-state index in [1.54, 1.807) is 0 Å². The van der Waals surface area contributed by atoms with Crippen LogP contribution in [-0.2, 0) is 13.1 Å². The number of carbonyl (C=O) groups is 1. The number of carbonyl (C=O) groups excluding carboxylic acids is 1. The molecule has 0 spiro atoms. The van der Waals surface area contributed by atoms with Gasteiger partial charge in [-0.3, -0.25) is 19.6 Å². The number of nitrogens with one attached hydrogen (secondary N) is 1. The molecular weight excluding hydrogens is 460 g/mol. The fraction of sp³-hybridized carbons (Fsp3) is 0.613. The zero-order valence-electron chi connectivity index (χ0n) is 22.7. The van der Waals surface area contributed by atoms with E-state index in [4.69, 9.17) is 0 Å². The SMILES string of the molecule is CCCC(O)CNC(=O)c1ccc(CN2CCC(CCC3CCN(Cc4ccncc4)CC3)CC2)cc1. The summed E-state index contributed by atoms with van der Waals surface area (Å²) >= 11 is 0. The fourth-order valence-electron chi connectivity index (χ4n) is 5.85. The van der Waals surface area contributed by atoms with Crippen LogP contribution in [0.15, 0.2) is 48.8 Å². The van der Waals surface area contributed by atoms with Gasteiger partial charge in [0.15, 0.2) is 0 Å². The van der Waals surface area contributed by atoms with Crippen molar-refractivity contribution in [1.82, 2.24) is 20.1 Å². The van der Waals surface area contributed by atoms with Crippen LogP contribution in [0.4, 0.5) is 0 Å². The van der Waals surface area contributed by atoms with Crippen LogP contribution in [0.2, 0.25) is 0 Å². The Morgan fingerprint density at radius 3 is 1.92 bits per heavy atom. The third kappa shape index (κ3) is 9.20. The summed E-state index contributed by atoms with van der Waals surface area (Å²) in [6.45, 7) is 9.17.